The Kier molecular flexibility index (Phi) is 10.5. The van der Waals surface area contributed by atoms with E-state index in [4.69, 9.17) is 0 Å². The van der Waals surface area contributed by atoms with Gasteiger partial charge in [-0.05, 0) is 39.9 Å². The second kappa shape index (κ2) is 10.9. The topological polar surface area (TPSA) is 53.2 Å². The van der Waals surface area contributed by atoms with E-state index in [1.54, 1.807) is 0 Å². The molecular weight excluding hydrogens is 202 g/mol. The lowest BCUT2D eigenvalue weighted by atomic mass is 10.1. The minimum Gasteiger partial charge on any atom is -0.355 e. The molecule has 0 radical (unpaired) electrons. The lowest BCUT2D eigenvalue weighted by molar-refractivity contribution is -0.123. The minimum atomic E-state index is -0.0336. The summed E-state index contributed by atoms with van der Waals surface area (Å²) in [6, 6.07) is -0.0336. The molecule has 0 aromatic rings. The van der Waals surface area contributed by atoms with E-state index in [1.165, 1.54) is 0 Å². The number of amides is 1. The molecular formula is C12H27N3O. The van der Waals surface area contributed by atoms with E-state index in [0.29, 0.717) is 0 Å². The molecule has 16 heavy (non-hydrogen) atoms. The maximum Gasteiger partial charge on any atom is 0.237 e. The number of nitrogens with one attached hydrogen (secondary N) is 3. The molecule has 96 valence electrons. The van der Waals surface area contributed by atoms with Crippen LogP contribution in [-0.2, 0) is 4.79 Å². The summed E-state index contributed by atoms with van der Waals surface area (Å²) in [5.74, 6) is 0.139. The van der Waals surface area contributed by atoms with Gasteiger partial charge in [0.25, 0.3) is 0 Å². The van der Waals surface area contributed by atoms with Crippen molar-refractivity contribution >= 4 is 5.91 Å². The van der Waals surface area contributed by atoms with E-state index < -0.39 is 0 Å². The summed E-state index contributed by atoms with van der Waals surface area (Å²) in [5, 5.41) is 9.14. The molecule has 1 amide bonds. The average molecular weight is 229 g/mol. The molecule has 1 atom stereocenters. The molecule has 0 heterocycles. The van der Waals surface area contributed by atoms with Gasteiger partial charge in [-0.15, -0.1) is 0 Å². The van der Waals surface area contributed by atoms with E-state index in [-0.39, 0.29) is 11.9 Å². The van der Waals surface area contributed by atoms with Crippen molar-refractivity contribution in [3.8, 4) is 0 Å². The van der Waals surface area contributed by atoms with Gasteiger partial charge in [0.05, 0.1) is 6.04 Å². The van der Waals surface area contributed by atoms with Gasteiger partial charge in [0, 0.05) is 6.54 Å². The van der Waals surface area contributed by atoms with Crippen LogP contribution in [0.5, 0.6) is 0 Å². The van der Waals surface area contributed by atoms with Gasteiger partial charge in [-0.1, -0.05) is 19.8 Å². The fraction of sp³-hybridized carbons (Fsp3) is 0.917. The molecule has 0 aliphatic carbocycles. The minimum absolute atomic E-state index is 0.0336. The molecule has 0 spiro atoms. The van der Waals surface area contributed by atoms with Crippen molar-refractivity contribution in [2.45, 2.75) is 45.1 Å². The van der Waals surface area contributed by atoms with E-state index in [1.807, 2.05) is 14.1 Å². The van der Waals surface area contributed by atoms with Crippen LogP contribution in [-0.4, -0.2) is 39.1 Å². The first-order valence-electron chi connectivity index (χ1n) is 6.35. The molecule has 0 aliphatic rings. The van der Waals surface area contributed by atoms with Crippen LogP contribution in [0.1, 0.15) is 39.0 Å². The first-order chi connectivity index (χ1) is 7.76. The van der Waals surface area contributed by atoms with Gasteiger partial charge in [-0.3, -0.25) is 4.79 Å². The van der Waals surface area contributed by atoms with Crippen molar-refractivity contribution in [2.24, 2.45) is 0 Å². The summed E-state index contributed by atoms with van der Waals surface area (Å²) in [7, 11) is 3.80. The van der Waals surface area contributed by atoms with Gasteiger partial charge < -0.3 is 16.0 Å². The highest BCUT2D eigenvalue weighted by atomic mass is 16.2. The van der Waals surface area contributed by atoms with E-state index in [2.05, 4.69) is 22.9 Å². The first-order valence-corrected chi connectivity index (χ1v) is 6.35. The standard InChI is InChI=1S/C12H27N3O/c1-4-5-10-15-12(16)11(14-3)8-6-7-9-13-2/h11,13-14H,4-10H2,1-3H3,(H,15,16). The van der Waals surface area contributed by atoms with Crippen LogP contribution in [0.15, 0.2) is 0 Å². The smallest absolute Gasteiger partial charge is 0.237 e. The van der Waals surface area contributed by atoms with Crippen molar-refractivity contribution in [1.82, 2.24) is 16.0 Å². The molecule has 0 rings (SSSR count). The fourth-order valence-electron chi connectivity index (χ4n) is 1.57. The Hall–Kier alpha value is -0.610. The number of hydrogen-bond acceptors (Lipinski definition) is 3. The van der Waals surface area contributed by atoms with Crippen molar-refractivity contribution in [3.63, 3.8) is 0 Å². The zero-order chi connectivity index (χ0) is 12.2. The van der Waals surface area contributed by atoms with Crippen molar-refractivity contribution in [2.75, 3.05) is 27.2 Å². The van der Waals surface area contributed by atoms with Gasteiger partial charge in [0.2, 0.25) is 5.91 Å². The highest BCUT2D eigenvalue weighted by Crippen LogP contribution is 2.00. The third-order valence-corrected chi connectivity index (χ3v) is 2.66. The summed E-state index contributed by atoms with van der Waals surface area (Å²) < 4.78 is 0. The molecule has 0 aromatic carbocycles. The zero-order valence-corrected chi connectivity index (χ0v) is 10.9. The van der Waals surface area contributed by atoms with Crippen molar-refractivity contribution in [3.05, 3.63) is 0 Å². The Labute approximate surface area is 99.6 Å². The Morgan fingerprint density at radius 2 is 1.88 bits per heavy atom. The normalized spacial score (nSPS) is 12.4. The predicted molar refractivity (Wildman–Crippen MR) is 68.5 cm³/mol. The van der Waals surface area contributed by atoms with E-state index in [0.717, 1.165) is 45.2 Å². The number of unbranched alkanes of at least 4 members (excludes halogenated alkanes) is 2. The Balaban J connectivity index is 3.65. The van der Waals surface area contributed by atoms with E-state index >= 15 is 0 Å². The van der Waals surface area contributed by atoms with Gasteiger partial charge in [0.1, 0.15) is 0 Å². The van der Waals surface area contributed by atoms with Crippen LogP contribution in [0, 0.1) is 0 Å². The van der Waals surface area contributed by atoms with Crippen LogP contribution >= 0.6 is 0 Å². The SMILES string of the molecule is CCCCNC(=O)C(CCCCNC)NC. The van der Waals surface area contributed by atoms with Crippen LogP contribution in [0.4, 0.5) is 0 Å². The van der Waals surface area contributed by atoms with Crippen LogP contribution < -0.4 is 16.0 Å². The molecule has 0 aromatic heterocycles. The molecule has 1 unspecified atom stereocenters. The number of carbonyl (C=O) groups excluding carboxylic acids is 1. The summed E-state index contributed by atoms with van der Waals surface area (Å²) in [6.07, 6.45) is 5.29. The zero-order valence-electron chi connectivity index (χ0n) is 10.9. The third-order valence-electron chi connectivity index (χ3n) is 2.66. The number of rotatable bonds is 10. The monoisotopic (exact) mass is 229 g/mol. The van der Waals surface area contributed by atoms with Crippen LogP contribution in [0.3, 0.4) is 0 Å². The summed E-state index contributed by atoms with van der Waals surface area (Å²) in [6.45, 7) is 3.94. The highest BCUT2D eigenvalue weighted by Gasteiger charge is 2.14. The largest absolute Gasteiger partial charge is 0.355 e. The predicted octanol–water partition coefficient (Wildman–Crippen LogP) is 0.880. The van der Waals surface area contributed by atoms with Gasteiger partial charge >= 0.3 is 0 Å². The second-order valence-electron chi connectivity index (χ2n) is 4.09. The van der Waals surface area contributed by atoms with Gasteiger partial charge in [-0.2, -0.15) is 0 Å². The average Bonchev–Trinajstić information content (AvgIpc) is 2.29. The molecule has 0 saturated heterocycles. The summed E-state index contributed by atoms with van der Waals surface area (Å²) in [4.78, 5) is 11.7. The quantitative estimate of drug-likeness (QED) is 0.487. The first kappa shape index (κ1) is 15.4. The van der Waals surface area contributed by atoms with Crippen molar-refractivity contribution < 1.29 is 4.79 Å². The maximum atomic E-state index is 11.7. The molecule has 0 aliphatic heterocycles. The van der Waals surface area contributed by atoms with Gasteiger partial charge in [-0.25, -0.2) is 0 Å². The number of carbonyl (C=O) groups is 1. The maximum absolute atomic E-state index is 11.7. The Morgan fingerprint density at radius 1 is 1.12 bits per heavy atom. The Morgan fingerprint density at radius 3 is 2.44 bits per heavy atom. The summed E-state index contributed by atoms with van der Waals surface area (Å²) in [5.41, 5.74) is 0. The third kappa shape index (κ3) is 7.65. The molecule has 0 fully saturated rings. The van der Waals surface area contributed by atoms with Gasteiger partial charge in [0.15, 0.2) is 0 Å². The van der Waals surface area contributed by atoms with Crippen LogP contribution in [0.25, 0.3) is 0 Å². The van der Waals surface area contributed by atoms with Crippen LogP contribution in [0.2, 0.25) is 0 Å². The van der Waals surface area contributed by atoms with E-state index in [9.17, 15) is 4.79 Å². The fourth-order valence-corrected chi connectivity index (χ4v) is 1.57. The lowest BCUT2D eigenvalue weighted by Crippen LogP contribution is -2.42. The molecule has 0 bridgehead atoms. The molecule has 0 saturated carbocycles. The lowest BCUT2D eigenvalue weighted by Gasteiger charge is -2.15. The molecule has 4 nitrogen and oxygen atoms in total. The number of likely N-dealkylation sites (N-methyl/N-ethyl adjacent to an activating group) is 1. The Bertz CT molecular complexity index is 174. The van der Waals surface area contributed by atoms with Crippen molar-refractivity contribution in [1.29, 1.82) is 0 Å². The second-order valence-corrected chi connectivity index (χ2v) is 4.09. The number of hydrogen-bond donors (Lipinski definition) is 3. The molecule has 4 heteroatoms. The molecule has 3 N–H and O–H groups in total. The highest BCUT2D eigenvalue weighted by molar-refractivity contribution is 5.81. The summed E-state index contributed by atoms with van der Waals surface area (Å²) >= 11 is 0.